The standard InChI is InChI=1S/C16H24O4Si/c1-15(2,3)21(16(4,5)6)19-13-10-11(18-7)8-9-12(13)14(17)20-21/h8-10H,1-7H3. The number of ether oxygens (including phenoxy) is 1. The maximum Gasteiger partial charge on any atom is 0.473 e. The van der Waals surface area contributed by atoms with Crippen molar-refractivity contribution in [3.8, 4) is 11.5 Å². The van der Waals surface area contributed by atoms with Crippen molar-refractivity contribution in [3.63, 3.8) is 0 Å². The summed E-state index contributed by atoms with van der Waals surface area (Å²) in [6, 6.07) is 5.21. The van der Waals surface area contributed by atoms with Gasteiger partial charge >= 0.3 is 14.5 Å². The molecule has 1 aromatic carbocycles. The highest BCUT2D eigenvalue weighted by molar-refractivity contribution is 6.76. The van der Waals surface area contributed by atoms with E-state index in [1.54, 1.807) is 25.3 Å². The van der Waals surface area contributed by atoms with Crippen molar-refractivity contribution in [2.45, 2.75) is 51.6 Å². The van der Waals surface area contributed by atoms with Crippen LogP contribution in [-0.2, 0) is 4.43 Å². The van der Waals surface area contributed by atoms with Gasteiger partial charge < -0.3 is 13.6 Å². The Hall–Kier alpha value is -1.49. The number of carbonyl (C=O) groups excluding carboxylic acids is 1. The van der Waals surface area contributed by atoms with E-state index in [4.69, 9.17) is 13.6 Å². The van der Waals surface area contributed by atoms with Crippen molar-refractivity contribution >= 4 is 14.5 Å². The molecular formula is C16H24O4Si. The van der Waals surface area contributed by atoms with Crippen molar-refractivity contribution in [2.75, 3.05) is 7.11 Å². The van der Waals surface area contributed by atoms with Crippen molar-refractivity contribution in [2.24, 2.45) is 0 Å². The van der Waals surface area contributed by atoms with E-state index in [9.17, 15) is 4.79 Å². The number of benzene rings is 1. The molecule has 0 spiro atoms. The third kappa shape index (κ3) is 2.44. The molecule has 0 aliphatic carbocycles. The zero-order valence-corrected chi connectivity index (χ0v) is 14.9. The van der Waals surface area contributed by atoms with Gasteiger partial charge in [-0.2, -0.15) is 0 Å². The SMILES string of the molecule is COc1ccc2c(c1)O[Si](C(C)(C)C)(C(C)(C)C)OC2=O. The number of carbonyl (C=O) groups is 1. The average molecular weight is 308 g/mol. The van der Waals surface area contributed by atoms with Gasteiger partial charge in [0.1, 0.15) is 11.5 Å². The van der Waals surface area contributed by atoms with Gasteiger partial charge in [0.15, 0.2) is 0 Å². The lowest BCUT2D eigenvalue weighted by Crippen LogP contribution is -2.62. The molecule has 21 heavy (non-hydrogen) atoms. The van der Waals surface area contributed by atoms with Gasteiger partial charge in [0.05, 0.1) is 12.7 Å². The predicted octanol–water partition coefficient (Wildman–Crippen LogP) is 4.29. The Morgan fingerprint density at radius 2 is 1.57 bits per heavy atom. The van der Waals surface area contributed by atoms with Gasteiger partial charge in [-0.3, -0.25) is 0 Å². The van der Waals surface area contributed by atoms with Crippen LogP contribution in [0.3, 0.4) is 0 Å². The van der Waals surface area contributed by atoms with Gasteiger partial charge in [-0.1, -0.05) is 41.5 Å². The van der Waals surface area contributed by atoms with Crippen LogP contribution in [0.5, 0.6) is 11.5 Å². The minimum absolute atomic E-state index is 0.248. The molecule has 0 amide bonds. The maximum atomic E-state index is 12.5. The minimum atomic E-state index is -2.84. The second-order valence-electron chi connectivity index (χ2n) is 7.47. The van der Waals surface area contributed by atoms with Gasteiger partial charge in [0.2, 0.25) is 0 Å². The van der Waals surface area contributed by atoms with E-state index in [-0.39, 0.29) is 16.0 Å². The summed E-state index contributed by atoms with van der Waals surface area (Å²) in [5.41, 5.74) is 0.465. The van der Waals surface area contributed by atoms with Crippen LogP contribution >= 0.6 is 0 Å². The van der Waals surface area contributed by atoms with Crippen LogP contribution in [-0.4, -0.2) is 21.6 Å². The molecule has 0 unspecified atom stereocenters. The van der Waals surface area contributed by atoms with Gasteiger partial charge in [0.25, 0.3) is 0 Å². The molecule has 0 N–H and O–H groups in total. The first-order valence-corrected chi connectivity index (χ1v) is 8.94. The zero-order valence-electron chi connectivity index (χ0n) is 13.9. The first-order chi connectivity index (χ1) is 9.52. The van der Waals surface area contributed by atoms with E-state index < -0.39 is 8.56 Å². The molecule has 1 aliphatic rings. The Morgan fingerprint density at radius 1 is 1.00 bits per heavy atom. The number of hydrogen-bond acceptors (Lipinski definition) is 4. The molecule has 1 heterocycles. The van der Waals surface area contributed by atoms with Crippen LogP contribution in [0.15, 0.2) is 18.2 Å². The topological polar surface area (TPSA) is 44.8 Å². The summed E-state index contributed by atoms with van der Waals surface area (Å²) in [5.74, 6) is 0.951. The molecule has 4 nitrogen and oxygen atoms in total. The Labute approximate surface area is 127 Å². The highest BCUT2D eigenvalue weighted by Crippen LogP contribution is 2.54. The van der Waals surface area contributed by atoms with Crippen LogP contribution in [0.25, 0.3) is 0 Å². The van der Waals surface area contributed by atoms with E-state index in [1.807, 2.05) is 0 Å². The monoisotopic (exact) mass is 308 g/mol. The summed E-state index contributed by atoms with van der Waals surface area (Å²) in [6.07, 6.45) is 0. The van der Waals surface area contributed by atoms with Crippen molar-refractivity contribution in [3.05, 3.63) is 23.8 Å². The predicted molar refractivity (Wildman–Crippen MR) is 84.2 cm³/mol. The highest BCUT2D eigenvalue weighted by atomic mass is 28.4. The van der Waals surface area contributed by atoms with E-state index in [0.29, 0.717) is 17.1 Å². The highest BCUT2D eigenvalue weighted by Gasteiger charge is 2.64. The molecule has 5 heteroatoms. The normalized spacial score (nSPS) is 17.6. The summed E-state index contributed by atoms with van der Waals surface area (Å²) in [4.78, 5) is 12.5. The van der Waals surface area contributed by atoms with E-state index >= 15 is 0 Å². The second-order valence-corrected chi connectivity index (χ2v) is 12.1. The quantitative estimate of drug-likeness (QED) is 0.726. The lowest BCUT2D eigenvalue weighted by atomic mass is 10.2. The van der Waals surface area contributed by atoms with E-state index in [0.717, 1.165) is 0 Å². The number of methoxy groups -OCH3 is 1. The summed E-state index contributed by atoms with van der Waals surface area (Å²) in [7, 11) is -1.24. The molecule has 0 atom stereocenters. The fourth-order valence-corrected chi connectivity index (χ4v) is 7.35. The Kier molecular flexibility index (Phi) is 3.60. The van der Waals surface area contributed by atoms with Crippen molar-refractivity contribution < 1.29 is 18.4 Å². The molecule has 0 saturated heterocycles. The van der Waals surface area contributed by atoms with Crippen LogP contribution in [0.2, 0.25) is 10.1 Å². The fraction of sp³-hybridized carbons (Fsp3) is 0.562. The minimum Gasteiger partial charge on any atom is -0.510 e. The third-order valence-corrected chi connectivity index (χ3v) is 8.80. The van der Waals surface area contributed by atoms with E-state index in [1.165, 1.54) is 0 Å². The molecule has 0 saturated carbocycles. The van der Waals surface area contributed by atoms with Gasteiger partial charge in [-0.15, -0.1) is 0 Å². The van der Waals surface area contributed by atoms with Crippen LogP contribution < -0.4 is 9.16 Å². The smallest absolute Gasteiger partial charge is 0.473 e. The van der Waals surface area contributed by atoms with Crippen molar-refractivity contribution in [1.82, 2.24) is 0 Å². The lowest BCUT2D eigenvalue weighted by Gasteiger charge is -2.49. The molecule has 0 aromatic heterocycles. The lowest BCUT2D eigenvalue weighted by molar-refractivity contribution is 0.0604. The third-order valence-electron chi connectivity index (χ3n) is 3.87. The molecule has 0 bridgehead atoms. The molecule has 0 fully saturated rings. The Balaban J connectivity index is 2.61. The zero-order chi connectivity index (χ0) is 16.1. The molecule has 116 valence electrons. The maximum absolute atomic E-state index is 12.5. The molecule has 0 radical (unpaired) electrons. The van der Waals surface area contributed by atoms with Crippen LogP contribution in [0.4, 0.5) is 0 Å². The summed E-state index contributed by atoms with van der Waals surface area (Å²) < 4.78 is 17.6. The summed E-state index contributed by atoms with van der Waals surface area (Å²) >= 11 is 0. The van der Waals surface area contributed by atoms with Gasteiger partial charge in [-0.05, 0) is 12.1 Å². The largest absolute Gasteiger partial charge is 0.510 e. The molecule has 2 rings (SSSR count). The second kappa shape index (κ2) is 4.76. The first-order valence-electron chi connectivity index (χ1n) is 7.12. The number of rotatable bonds is 1. The molecule has 1 aromatic rings. The Bertz CT molecular complexity index is 553. The van der Waals surface area contributed by atoms with Gasteiger partial charge in [-0.25, -0.2) is 4.79 Å². The summed E-state index contributed by atoms with van der Waals surface area (Å²) in [5, 5.41) is -0.497. The van der Waals surface area contributed by atoms with Gasteiger partial charge in [0, 0.05) is 16.1 Å². The first kappa shape index (κ1) is 15.9. The van der Waals surface area contributed by atoms with Crippen LogP contribution in [0.1, 0.15) is 51.9 Å². The number of fused-ring (bicyclic) bond motifs is 1. The fourth-order valence-electron chi connectivity index (χ4n) is 2.98. The van der Waals surface area contributed by atoms with Crippen molar-refractivity contribution in [1.29, 1.82) is 0 Å². The Morgan fingerprint density at radius 3 is 2.05 bits per heavy atom. The number of hydrogen-bond donors (Lipinski definition) is 0. The molecular weight excluding hydrogens is 284 g/mol. The van der Waals surface area contributed by atoms with Crippen LogP contribution in [0, 0.1) is 0 Å². The van der Waals surface area contributed by atoms with E-state index in [2.05, 4.69) is 41.5 Å². The average Bonchev–Trinajstić information content (AvgIpc) is 2.35. The summed E-state index contributed by atoms with van der Waals surface area (Å²) in [6.45, 7) is 12.4. The molecule has 1 aliphatic heterocycles.